The Morgan fingerprint density at radius 3 is 1.30 bits per heavy atom. The monoisotopic (exact) mass is 920 g/mol. The summed E-state index contributed by atoms with van der Waals surface area (Å²) in [6.45, 7) is 3.64. The molecule has 370 valence electrons. The highest BCUT2D eigenvalue weighted by Gasteiger charge is 2.27. The molecule has 0 bridgehead atoms. The van der Waals surface area contributed by atoms with Gasteiger partial charge in [0.2, 0.25) is 0 Å². The number of aliphatic carboxylic acids is 1. The van der Waals surface area contributed by atoms with Gasteiger partial charge in [0.05, 0.1) is 19.8 Å². The molecule has 0 aliphatic heterocycles. The van der Waals surface area contributed by atoms with E-state index in [1.807, 2.05) is 0 Å². The Labute approximate surface area is 391 Å². The van der Waals surface area contributed by atoms with Gasteiger partial charge in [0.25, 0.3) is 0 Å². The molecule has 4 N–H and O–H groups in total. The molecule has 64 heavy (non-hydrogen) atoms. The van der Waals surface area contributed by atoms with E-state index in [0.717, 1.165) is 70.6 Å². The van der Waals surface area contributed by atoms with Crippen LogP contribution in [0.1, 0.15) is 213 Å². The zero-order valence-electron chi connectivity index (χ0n) is 40.6. The molecule has 0 aromatic rings. The molecule has 11 heteroatoms. The van der Waals surface area contributed by atoms with Crippen LogP contribution in [0, 0.1) is 0 Å². The SMILES string of the molecule is CC/C=C\C/C=C\C/C=C\C/C=C\C/C=C\C/C=C\CCCOCC(COP(=O)(O)OCC(N)C(=O)O)OC(=O)CCCCCCCCCCCCCCCCCCCCCCCC. The van der Waals surface area contributed by atoms with Crippen LogP contribution in [-0.4, -0.2) is 60.5 Å². The number of carbonyl (C=O) groups excluding carboxylic acids is 1. The van der Waals surface area contributed by atoms with E-state index in [9.17, 15) is 19.0 Å². The number of phosphoric ester groups is 1. The molecule has 0 radical (unpaired) electrons. The van der Waals surface area contributed by atoms with Crippen molar-refractivity contribution >= 4 is 19.8 Å². The molecule has 0 aromatic heterocycles. The number of nitrogens with two attached hydrogens (primary N) is 1. The molecule has 0 spiro atoms. The lowest BCUT2D eigenvalue weighted by molar-refractivity contribution is -0.154. The smallest absolute Gasteiger partial charge is 0.472 e. The number of unbranched alkanes of at least 4 members (excludes halogenated alkanes) is 22. The van der Waals surface area contributed by atoms with Crippen molar-refractivity contribution in [2.75, 3.05) is 26.4 Å². The molecule has 3 unspecified atom stereocenters. The van der Waals surface area contributed by atoms with Crippen LogP contribution in [0.25, 0.3) is 0 Å². The number of carboxylic acids is 1. The second-order valence-electron chi connectivity index (χ2n) is 16.9. The number of ether oxygens (including phenoxy) is 2. The fourth-order valence-corrected chi connectivity index (χ4v) is 7.64. The summed E-state index contributed by atoms with van der Waals surface area (Å²) in [5.74, 6) is -1.80. The molecule has 0 aliphatic rings. The van der Waals surface area contributed by atoms with Crippen LogP contribution in [0.2, 0.25) is 0 Å². The highest BCUT2D eigenvalue weighted by atomic mass is 31.2. The third kappa shape index (κ3) is 47.4. The van der Waals surface area contributed by atoms with E-state index in [2.05, 4.69) is 86.8 Å². The van der Waals surface area contributed by atoms with Gasteiger partial charge in [-0.1, -0.05) is 222 Å². The van der Waals surface area contributed by atoms with Crippen molar-refractivity contribution in [1.29, 1.82) is 0 Å². The van der Waals surface area contributed by atoms with Crippen LogP contribution >= 0.6 is 7.82 Å². The number of esters is 1. The van der Waals surface area contributed by atoms with Crippen molar-refractivity contribution in [3.8, 4) is 0 Å². The lowest BCUT2D eigenvalue weighted by Crippen LogP contribution is -2.34. The molecule has 0 heterocycles. The molecule has 0 fully saturated rings. The first-order valence-corrected chi connectivity index (χ1v) is 27.0. The topological polar surface area (TPSA) is 155 Å². The Balaban J connectivity index is 4.22. The number of allylic oxidation sites excluding steroid dienone is 12. The van der Waals surface area contributed by atoms with Crippen LogP contribution in [0.15, 0.2) is 72.9 Å². The Kier molecular flexibility index (Phi) is 46.4. The Morgan fingerprint density at radius 2 is 0.891 bits per heavy atom. The van der Waals surface area contributed by atoms with Gasteiger partial charge < -0.3 is 25.2 Å². The van der Waals surface area contributed by atoms with Crippen molar-refractivity contribution in [2.45, 2.75) is 225 Å². The molecule has 10 nitrogen and oxygen atoms in total. The van der Waals surface area contributed by atoms with E-state index in [0.29, 0.717) is 13.0 Å². The maximum absolute atomic E-state index is 12.7. The number of hydrogen-bond donors (Lipinski definition) is 3. The molecular weight excluding hydrogens is 826 g/mol. The van der Waals surface area contributed by atoms with Crippen molar-refractivity contribution in [3.05, 3.63) is 72.9 Å². The Hall–Kier alpha value is -2.59. The van der Waals surface area contributed by atoms with E-state index >= 15 is 0 Å². The number of phosphoric acid groups is 1. The predicted molar refractivity (Wildman–Crippen MR) is 267 cm³/mol. The van der Waals surface area contributed by atoms with Crippen LogP contribution in [0.5, 0.6) is 0 Å². The van der Waals surface area contributed by atoms with E-state index in [1.165, 1.54) is 116 Å². The number of carboxylic acid groups (broad SMARTS) is 1. The molecule has 0 rings (SSSR count). The third-order valence-electron chi connectivity index (χ3n) is 10.8. The fraction of sp³-hybridized carbons (Fsp3) is 0.736. The standard InChI is InChI=1S/C53H94NO9P/c1-3-5-7-9-11-13-15-17-19-21-23-25-26-27-29-31-33-35-37-39-41-43-45-52(55)63-50(48-61-64(58,59)62-49-51(54)53(56)57)47-60-46-44-42-40-38-36-34-32-30-28-24-22-20-18-16-14-12-10-8-6-4-2/h6,8,12,14,18,20,24,28,32,34,38,40,50-51H,3-5,7,9-11,13,15-17,19,21-23,25-27,29-31,33,35-37,39,41-49,54H2,1-2H3,(H,56,57)(H,58,59)/b8-6-,14-12-,20-18-,28-24-,34-32-,40-38-. The summed E-state index contributed by atoms with van der Waals surface area (Å²) in [6.07, 6.45) is 61.2. The normalized spacial score (nSPS) is 14.3. The van der Waals surface area contributed by atoms with Gasteiger partial charge in [-0.2, -0.15) is 0 Å². The van der Waals surface area contributed by atoms with Crippen LogP contribution < -0.4 is 5.73 Å². The van der Waals surface area contributed by atoms with Gasteiger partial charge in [-0.15, -0.1) is 0 Å². The summed E-state index contributed by atoms with van der Waals surface area (Å²) < 4.78 is 33.4. The third-order valence-corrected chi connectivity index (χ3v) is 11.7. The van der Waals surface area contributed by atoms with Crippen molar-refractivity contribution in [2.24, 2.45) is 5.73 Å². The summed E-state index contributed by atoms with van der Waals surface area (Å²) in [6, 6.07) is -1.49. The fourth-order valence-electron chi connectivity index (χ4n) is 6.86. The quantitative estimate of drug-likeness (QED) is 0.0232. The maximum atomic E-state index is 12.7. The minimum absolute atomic E-state index is 0.0243. The van der Waals surface area contributed by atoms with E-state index in [4.69, 9.17) is 29.4 Å². The second-order valence-corrected chi connectivity index (χ2v) is 18.4. The van der Waals surface area contributed by atoms with Gasteiger partial charge in [-0.25, -0.2) is 4.57 Å². The van der Waals surface area contributed by atoms with Gasteiger partial charge in [0, 0.05) is 13.0 Å². The van der Waals surface area contributed by atoms with Gasteiger partial charge in [0.1, 0.15) is 12.1 Å². The zero-order valence-corrected chi connectivity index (χ0v) is 41.5. The van der Waals surface area contributed by atoms with Gasteiger partial charge >= 0.3 is 19.8 Å². The Bertz CT molecular complexity index is 1290. The summed E-state index contributed by atoms with van der Waals surface area (Å²) in [7, 11) is -4.64. The Morgan fingerprint density at radius 1 is 0.516 bits per heavy atom. The van der Waals surface area contributed by atoms with Crippen molar-refractivity contribution in [1.82, 2.24) is 0 Å². The van der Waals surface area contributed by atoms with E-state index < -0.39 is 45.1 Å². The summed E-state index contributed by atoms with van der Waals surface area (Å²) >= 11 is 0. The van der Waals surface area contributed by atoms with Gasteiger partial charge in [0.15, 0.2) is 0 Å². The minimum atomic E-state index is -4.64. The first-order valence-electron chi connectivity index (χ1n) is 25.5. The average molecular weight is 920 g/mol. The number of carbonyl (C=O) groups is 2. The maximum Gasteiger partial charge on any atom is 0.472 e. The molecule has 0 aromatic carbocycles. The summed E-state index contributed by atoms with van der Waals surface area (Å²) in [5.41, 5.74) is 5.37. The van der Waals surface area contributed by atoms with Crippen molar-refractivity contribution in [3.63, 3.8) is 0 Å². The van der Waals surface area contributed by atoms with Crippen LogP contribution in [-0.2, 0) is 32.7 Å². The first kappa shape index (κ1) is 61.4. The van der Waals surface area contributed by atoms with E-state index in [-0.39, 0.29) is 13.0 Å². The summed E-state index contributed by atoms with van der Waals surface area (Å²) in [5, 5.41) is 8.93. The van der Waals surface area contributed by atoms with Gasteiger partial charge in [-0.05, 0) is 57.8 Å². The van der Waals surface area contributed by atoms with Crippen LogP contribution in [0.3, 0.4) is 0 Å². The van der Waals surface area contributed by atoms with Crippen molar-refractivity contribution < 1.29 is 42.7 Å². The van der Waals surface area contributed by atoms with E-state index in [1.54, 1.807) is 0 Å². The predicted octanol–water partition coefficient (Wildman–Crippen LogP) is 14.9. The molecule has 3 atom stereocenters. The molecule has 0 saturated carbocycles. The average Bonchev–Trinajstić information content (AvgIpc) is 3.28. The molecule has 0 saturated heterocycles. The molecular formula is C53H94NO9P. The van der Waals surface area contributed by atoms with Crippen LogP contribution in [0.4, 0.5) is 0 Å². The zero-order chi connectivity index (χ0) is 46.9. The minimum Gasteiger partial charge on any atom is -0.480 e. The number of rotatable bonds is 48. The lowest BCUT2D eigenvalue weighted by atomic mass is 10.0. The lowest BCUT2D eigenvalue weighted by Gasteiger charge is -2.20. The molecule has 0 aliphatic carbocycles. The first-order chi connectivity index (χ1) is 31.2. The second kappa shape index (κ2) is 48.3. The largest absolute Gasteiger partial charge is 0.480 e. The highest BCUT2D eigenvalue weighted by Crippen LogP contribution is 2.43. The molecule has 0 amide bonds. The summed E-state index contributed by atoms with van der Waals surface area (Å²) in [4.78, 5) is 33.7. The highest BCUT2D eigenvalue weighted by molar-refractivity contribution is 7.47. The van der Waals surface area contributed by atoms with Gasteiger partial charge in [-0.3, -0.25) is 18.6 Å². The number of hydrogen-bond acceptors (Lipinski definition) is 8.